The van der Waals surface area contributed by atoms with E-state index < -0.39 is 47.5 Å². The average Bonchev–Trinajstić information content (AvgIpc) is 2.82. The second kappa shape index (κ2) is 10.8. The highest BCUT2D eigenvalue weighted by atomic mass is 19.2. The van der Waals surface area contributed by atoms with Crippen LogP contribution in [0.4, 0.5) is 18.9 Å². The first-order valence-electron chi connectivity index (χ1n) is 11.0. The van der Waals surface area contributed by atoms with Gasteiger partial charge in [-0.15, -0.1) is 0 Å². The van der Waals surface area contributed by atoms with Crippen LogP contribution in [0.15, 0.2) is 12.1 Å². The molecule has 1 saturated heterocycles. The summed E-state index contributed by atoms with van der Waals surface area (Å²) < 4.78 is 39.9. The van der Waals surface area contributed by atoms with Crippen LogP contribution in [-0.2, 0) is 14.4 Å². The number of hydrogen-bond donors (Lipinski definition) is 2. The third-order valence-electron chi connectivity index (χ3n) is 6.24. The summed E-state index contributed by atoms with van der Waals surface area (Å²) in [7, 11) is 0. The van der Waals surface area contributed by atoms with Crippen molar-refractivity contribution in [2.75, 3.05) is 38.0 Å². The summed E-state index contributed by atoms with van der Waals surface area (Å²) >= 11 is 0. The zero-order valence-electron chi connectivity index (χ0n) is 18.1. The van der Waals surface area contributed by atoms with Gasteiger partial charge in [0.05, 0.1) is 18.3 Å². The van der Waals surface area contributed by atoms with Gasteiger partial charge in [-0.1, -0.05) is 19.3 Å². The van der Waals surface area contributed by atoms with Crippen molar-refractivity contribution in [1.82, 2.24) is 15.1 Å². The third kappa shape index (κ3) is 5.79. The van der Waals surface area contributed by atoms with E-state index in [1.807, 2.05) is 9.80 Å². The van der Waals surface area contributed by atoms with Gasteiger partial charge in [-0.2, -0.15) is 0 Å². The van der Waals surface area contributed by atoms with Crippen molar-refractivity contribution in [1.29, 1.82) is 0 Å². The maximum Gasteiger partial charge on any atom is 0.243 e. The molecule has 3 amide bonds. The Morgan fingerprint density at radius 1 is 1.00 bits per heavy atom. The average molecular weight is 454 g/mol. The number of amides is 3. The molecule has 32 heavy (non-hydrogen) atoms. The predicted molar refractivity (Wildman–Crippen MR) is 112 cm³/mol. The number of nitrogens with one attached hydrogen (secondary N) is 2. The molecular formula is C22H29F3N4O3. The molecule has 1 atom stereocenters. The summed E-state index contributed by atoms with van der Waals surface area (Å²) in [6.45, 7) is 3.49. The lowest BCUT2D eigenvalue weighted by atomic mass is 9.88. The number of carbonyl (C=O) groups excluding carboxylic acids is 3. The maximum absolute atomic E-state index is 13.6. The van der Waals surface area contributed by atoms with Crippen molar-refractivity contribution in [2.24, 2.45) is 5.92 Å². The van der Waals surface area contributed by atoms with Gasteiger partial charge < -0.3 is 15.5 Å². The number of piperazine rings is 1. The number of rotatable bonds is 6. The summed E-state index contributed by atoms with van der Waals surface area (Å²) in [6.07, 6.45) is 5.30. The fourth-order valence-electron chi connectivity index (χ4n) is 4.24. The number of nitrogens with zero attached hydrogens (tertiary/aromatic N) is 2. The van der Waals surface area contributed by atoms with Gasteiger partial charge in [0.2, 0.25) is 17.7 Å². The highest BCUT2D eigenvalue weighted by Gasteiger charge is 2.31. The van der Waals surface area contributed by atoms with E-state index in [4.69, 9.17) is 0 Å². The first-order chi connectivity index (χ1) is 15.3. The van der Waals surface area contributed by atoms with Crippen LogP contribution in [0.25, 0.3) is 0 Å². The summed E-state index contributed by atoms with van der Waals surface area (Å²) in [5.74, 6) is -5.36. The molecule has 2 N–H and O–H groups in total. The Hall–Kier alpha value is -2.62. The van der Waals surface area contributed by atoms with Crippen molar-refractivity contribution in [3.63, 3.8) is 0 Å². The Morgan fingerprint density at radius 2 is 1.66 bits per heavy atom. The van der Waals surface area contributed by atoms with Crippen LogP contribution in [0.3, 0.4) is 0 Å². The monoisotopic (exact) mass is 454 g/mol. The number of anilines is 1. The highest BCUT2D eigenvalue weighted by molar-refractivity contribution is 5.95. The van der Waals surface area contributed by atoms with Gasteiger partial charge >= 0.3 is 0 Å². The number of halogens is 3. The molecule has 1 saturated carbocycles. The zero-order valence-corrected chi connectivity index (χ0v) is 18.1. The number of carbonyl (C=O) groups is 3. The van der Waals surface area contributed by atoms with E-state index in [9.17, 15) is 27.6 Å². The van der Waals surface area contributed by atoms with Crippen LogP contribution in [-0.4, -0.2) is 66.3 Å². The van der Waals surface area contributed by atoms with Gasteiger partial charge in [-0.25, -0.2) is 13.2 Å². The lowest BCUT2D eigenvalue weighted by Gasteiger charge is -2.39. The lowest BCUT2D eigenvalue weighted by Crippen LogP contribution is -2.56. The quantitative estimate of drug-likeness (QED) is 0.647. The Morgan fingerprint density at radius 3 is 2.31 bits per heavy atom. The summed E-state index contributed by atoms with van der Waals surface area (Å²) in [5.41, 5.74) is -0.505. The van der Waals surface area contributed by atoms with Crippen LogP contribution in [0.2, 0.25) is 0 Å². The molecule has 0 aromatic heterocycles. The molecular weight excluding hydrogens is 425 g/mol. The molecule has 0 spiro atoms. The second-order valence-electron chi connectivity index (χ2n) is 8.36. The molecule has 0 radical (unpaired) electrons. The van der Waals surface area contributed by atoms with Crippen LogP contribution >= 0.6 is 0 Å². The van der Waals surface area contributed by atoms with Crippen LogP contribution in [0.1, 0.15) is 39.0 Å². The predicted octanol–water partition coefficient (Wildman–Crippen LogP) is 2.27. The Balaban J connectivity index is 1.42. The SMILES string of the molecule is CC(C(=O)NCC(=O)Nc1ccc(F)c(F)c1F)N1CCN(C(=O)C2CCCCC2)CC1. The molecule has 3 rings (SSSR count). The molecule has 176 valence electrons. The van der Waals surface area contributed by atoms with Crippen molar-refractivity contribution in [3.05, 3.63) is 29.6 Å². The van der Waals surface area contributed by atoms with Crippen LogP contribution < -0.4 is 10.6 Å². The lowest BCUT2D eigenvalue weighted by molar-refractivity contribution is -0.139. The van der Waals surface area contributed by atoms with E-state index >= 15 is 0 Å². The van der Waals surface area contributed by atoms with Gasteiger partial charge in [0.25, 0.3) is 0 Å². The van der Waals surface area contributed by atoms with E-state index in [1.165, 1.54) is 6.42 Å². The fourth-order valence-corrected chi connectivity index (χ4v) is 4.24. The number of benzene rings is 1. The van der Waals surface area contributed by atoms with E-state index in [1.54, 1.807) is 6.92 Å². The maximum atomic E-state index is 13.6. The topological polar surface area (TPSA) is 81.8 Å². The van der Waals surface area contributed by atoms with Crippen molar-refractivity contribution >= 4 is 23.4 Å². The molecule has 2 fully saturated rings. The van der Waals surface area contributed by atoms with Gasteiger partial charge in [-0.05, 0) is 31.9 Å². The molecule has 1 aliphatic heterocycles. The Labute approximate surface area is 185 Å². The summed E-state index contributed by atoms with van der Waals surface area (Å²) in [6, 6.07) is 1.09. The Bertz CT molecular complexity index is 853. The van der Waals surface area contributed by atoms with Crippen LogP contribution in [0, 0.1) is 23.4 Å². The van der Waals surface area contributed by atoms with Crippen molar-refractivity contribution in [3.8, 4) is 0 Å². The van der Waals surface area contributed by atoms with Crippen LogP contribution in [0.5, 0.6) is 0 Å². The van der Waals surface area contributed by atoms with E-state index in [2.05, 4.69) is 10.6 Å². The molecule has 1 aromatic rings. The molecule has 0 bridgehead atoms. The van der Waals surface area contributed by atoms with E-state index in [-0.39, 0.29) is 11.8 Å². The molecule has 2 aliphatic rings. The van der Waals surface area contributed by atoms with Gasteiger partial charge in [0.1, 0.15) is 0 Å². The molecule has 10 heteroatoms. The first kappa shape index (κ1) is 24.0. The standard InChI is InChI=1S/C22H29F3N4O3/c1-14(28-9-11-29(12-10-28)22(32)15-5-3-2-4-6-15)21(31)26-13-18(30)27-17-8-7-16(23)19(24)20(17)25/h7-8,14-15H,2-6,9-13H2,1H3,(H,26,31)(H,27,30). The molecule has 1 aliphatic carbocycles. The molecule has 1 unspecified atom stereocenters. The van der Waals surface area contributed by atoms with Crippen molar-refractivity contribution < 1.29 is 27.6 Å². The Kier molecular flexibility index (Phi) is 8.11. The normalized spacial score (nSPS) is 18.8. The smallest absolute Gasteiger partial charge is 0.243 e. The minimum atomic E-state index is -1.68. The van der Waals surface area contributed by atoms with Crippen molar-refractivity contribution in [2.45, 2.75) is 45.1 Å². The number of hydrogen-bond acceptors (Lipinski definition) is 4. The largest absolute Gasteiger partial charge is 0.346 e. The molecule has 1 heterocycles. The molecule has 1 aromatic carbocycles. The fraction of sp³-hybridized carbons (Fsp3) is 0.591. The van der Waals surface area contributed by atoms with E-state index in [0.29, 0.717) is 32.2 Å². The van der Waals surface area contributed by atoms with E-state index in [0.717, 1.165) is 31.7 Å². The zero-order chi connectivity index (χ0) is 23.3. The highest BCUT2D eigenvalue weighted by Crippen LogP contribution is 2.26. The molecule has 7 nitrogen and oxygen atoms in total. The summed E-state index contributed by atoms with van der Waals surface area (Å²) in [4.78, 5) is 40.9. The van der Waals surface area contributed by atoms with Gasteiger partial charge in [-0.3, -0.25) is 19.3 Å². The second-order valence-corrected chi connectivity index (χ2v) is 8.36. The third-order valence-corrected chi connectivity index (χ3v) is 6.24. The van der Waals surface area contributed by atoms with Gasteiger partial charge in [0.15, 0.2) is 17.5 Å². The minimum Gasteiger partial charge on any atom is -0.346 e. The first-order valence-corrected chi connectivity index (χ1v) is 11.0. The minimum absolute atomic E-state index is 0.119. The van der Waals surface area contributed by atoms with Gasteiger partial charge in [0, 0.05) is 32.1 Å². The summed E-state index contributed by atoms with van der Waals surface area (Å²) in [5, 5.41) is 4.58.